The third-order valence-electron chi connectivity index (χ3n) is 6.08. The highest BCUT2D eigenvalue weighted by atomic mass is 35.5. The molecule has 0 aliphatic carbocycles. The van der Waals surface area contributed by atoms with Crippen molar-refractivity contribution in [1.29, 1.82) is 0 Å². The van der Waals surface area contributed by atoms with Gasteiger partial charge in [-0.15, -0.1) is 0 Å². The molecule has 0 radical (unpaired) electrons. The summed E-state index contributed by atoms with van der Waals surface area (Å²) >= 11 is 6.37. The van der Waals surface area contributed by atoms with E-state index in [1.54, 1.807) is 0 Å². The van der Waals surface area contributed by atoms with Crippen LogP contribution in [0.5, 0.6) is 0 Å². The minimum Gasteiger partial charge on any atom is -0.478 e. The molecule has 4 rings (SSSR count). The van der Waals surface area contributed by atoms with E-state index in [0.717, 1.165) is 16.7 Å². The largest absolute Gasteiger partial charge is 0.478 e. The summed E-state index contributed by atoms with van der Waals surface area (Å²) in [7, 11) is 1.35. The molecule has 0 fully saturated rings. The number of halogens is 4. The summed E-state index contributed by atoms with van der Waals surface area (Å²) < 4.78 is 49.2. The highest BCUT2D eigenvalue weighted by Crippen LogP contribution is 2.50. The van der Waals surface area contributed by atoms with Crippen molar-refractivity contribution in [1.82, 2.24) is 9.55 Å². The molecule has 2 unspecified atom stereocenters. The van der Waals surface area contributed by atoms with Gasteiger partial charge in [-0.25, -0.2) is 9.59 Å². The van der Waals surface area contributed by atoms with E-state index >= 15 is 0 Å². The molecule has 0 aliphatic rings. The Morgan fingerprint density at radius 1 is 1.11 bits per heavy atom. The van der Waals surface area contributed by atoms with Crippen molar-refractivity contribution >= 4 is 28.7 Å². The Bertz CT molecular complexity index is 1510. The van der Waals surface area contributed by atoms with Gasteiger partial charge in [-0.2, -0.15) is 13.2 Å². The van der Waals surface area contributed by atoms with Crippen LogP contribution in [-0.2, 0) is 12.6 Å². The third kappa shape index (κ3) is 4.08. The Kier molecular flexibility index (Phi) is 5.98. The molecule has 0 saturated heterocycles. The van der Waals surface area contributed by atoms with E-state index in [4.69, 9.17) is 21.1 Å². The first kappa shape index (κ1) is 24.5. The van der Waals surface area contributed by atoms with Gasteiger partial charge in [0.05, 0.1) is 11.1 Å². The van der Waals surface area contributed by atoms with Gasteiger partial charge in [0.25, 0.3) is 0 Å². The SMILES string of the molecule is CC(c1ccc(-c2cncc(C(=O)O)c2)cc1Cl)C(O)(c1ccc2oc(=O)n(C)c2c1)C(F)(F)F. The second kappa shape index (κ2) is 8.54. The molecule has 0 bridgehead atoms. The molecule has 2 aromatic heterocycles. The Morgan fingerprint density at radius 3 is 2.46 bits per heavy atom. The Labute approximate surface area is 201 Å². The highest BCUT2D eigenvalue weighted by molar-refractivity contribution is 6.31. The summed E-state index contributed by atoms with van der Waals surface area (Å²) in [6.07, 6.45) is -2.54. The normalized spacial score (nSPS) is 14.6. The van der Waals surface area contributed by atoms with Gasteiger partial charge in [0.15, 0.2) is 11.2 Å². The molecule has 2 aromatic carbocycles. The number of nitrogens with zero attached hydrogens (tertiary/aromatic N) is 2. The number of carboxylic acid groups (broad SMARTS) is 1. The number of benzene rings is 2. The number of rotatable bonds is 5. The van der Waals surface area contributed by atoms with E-state index in [1.165, 1.54) is 56.7 Å². The quantitative estimate of drug-likeness (QED) is 0.390. The first-order valence-corrected chi connectivity index (χ1v) is 10.6. The van der Waals surface area contributed by atoms with Crippen molar-refractivity contribution in [3.8, 4) is 11.1 Å². The summed E-state index contributed by atoms with van der Waals surface area (Å²) in [5, 5.41) is 20.2. The van der Waals surface area contributed by atoms with E-state index < -0.39 is 35.0 Å². The van der Waals surface area contributed by atoms with Crippen LogP contribution in [0.15, 0.2) is 64.1 Å². The fourth-order valence-electron chi connectivity index (χ4n) is 4.02. The summed E-state index contributed by atoms with van der Waals surface area (Å²) in [5.41, 5.74) is -2.88. The van der Waals surface area contributed by atoms with Crippen LogP contribution in [0.4, 0.5) is 13.2 Å². The van der Waals surface area contributed by atoms with Gasteiger partial charge < -0.3 is 14.6 Å². The predicted octanol–water partition coefficient (Wildman–Crippen LogP) is 5.10. The van der Waals surface area contributed by atoms with Gasteiger partial charge in [0.2, 0.25) is 0 Å². The predicted molar refractivity (Wildman–Crippen MR) is 121 cm³/mol. The molecule has 0 aliphatic heterocycles. The zero-order chi connectivity index (χ0) is 25.7. The minimum absolute atomic E-state index is 0.0127. The molecule has 2 atom stereocenters. The van der Waals surface area contributed by atoms with E-state index in [1.807, 2.05) is 0 Å². The van der Waals surface area contributed by atoms with Crippen molar-refractivity contribution in [2.75, 3.05) is 0 Å². The molecule has 0 spiro atoms. The number of aryl methyl sites for hydroxylation is 1. The average Bonchev–Trinajstić information content (AvgIpc) is 3.10. The van der Waals surface area contributed by atoms with Crippen LogP contribution in [0.2, 0.25) is 5.02 Å². The van der Waals surface area contributed by atoms with Crippen LogP contribution in [0, 0.1) is 0 Å². The number of carboxylic acids is 1. The minimum atomic E-state index is -5.11. The van der Waals surface area contributed by atoms with Crippen LogP contribution < -0.4 is 5.76 Å². The van der Waals surface area contributed by atoms with Gasteiger partial charge in [-0.05, 0) is 41.0 Å². The monoisotopic (exact) mass is 506 g/mol. The first-order valence-electron chi connectivity index (χ1n) is 10.2. The van der Waals surface area contributed by atoms with E-state index in [2.05, 4.69) is 4.98 Å². The highest BCUT2D eigenvalue weighted by Gasteiger charge is 2.59. The number of oxazole rings is 1. The van der Waals surface area contributed by atoms with Crippen LogP contribution >= 0.6 is 11.6 Å². The summed E-state index contributed by atoms with van der Waals surface area (Å²) in [5.74, 6) is -3.49. The maximum atomic E-state index is 14.4. The van der Waals surface area contributed by atoms with E-state index in [-0.39, 0.29) is 27.2 Å². The van der Waals surface area contributed by atoms with Gasteiger partial charge in [-0.1, -0.05) is 36.7 Å². The van der Waals surface area contributed by atoms with Gasteiger partial charge in [-0.3, -0.25) is 9.55 Å². The van der Waals surface area contributed by atoms with Gasteiger partial charge in [0, 0.05) is 35.9 Å². The van der Waals surface area contributed by atoms with Crippen molar-refractivity contribution in [3.05, 3.63) is 87.1 Å². The molecule has 0 saturated carbocycles. The van der Waals surface area contributed by atoms with Gasteiger partial charge in [0.1, 0.15) is 0 Å². The number of carbonyl (C=O) groups is 1. The van der Waals surface area contributed by atoms with Crippen LogP contribution in [0.1, 0.15) is 34.3 Å². The zero-order valence-corrected chi connectivity index (χ0v) is 19.1. The first-order chi connectivity index (χ1) is 16.3. The Balaban J connectivity index is 1.81. The summed E-state index contributed by atoms with van der Waals surface area (Å²) in [6, 6.07) is 8.88. The van der Waals surface area contributed by atoms with Crippen molar-refractivity contribution in [2.24, 2.45) is 7.05 Å². The topological polar surface area (TPSA) is 106 Å². The lowest BCUT2D eigenvalue weighted by molar-refractivity contribution is -0.274. The van der Waals surface area contributed by atoms with Crippen molar-refractivity contribution < 1.29 is 32.6 Å². The maximum absolute atomic E-state index is 14.4. The van der Waals surface area contributed by atoms with Crippen LogP contribution in [-0.4, -0.2) is 31.9 Å². The molecule has 35 heavy (non-hydrogen) atoms. The number of aromatic nitrogens is 2. The third-order valence-corrected chi connectivity index (χ3v) is 6.40. The second-order valence-electron chi connectivity index (χ2n) is 8.10. The van der Waals surface area contributed by atoms with Crippen LogP contribution in [0.3, 0.4) is 0 Å². The fraction of sp³-hybridized carbons (Fsp3) is 0.208. The molecule has 2 heterocycles. The zero-order valence-electron chi connectivity index (χ0n) is 18.3. The number of alkyl halides is 3. The van der Waals surface area contributed by atoms with Crippen molar-refractivity contribution in [2.45, 2.75) is 24.6 Å². The maximum Gasteiger partial charge on any atom is 0.422 e. The molecular formula is C24H18ClF3N2O5. The van der Waals surface area contributed by atoms with Crippen molar-refractivity contribution in [3.63, 3.8) is 0 Å². The molecule has 4 aromatic rings. The number of hydrogen-bond donors (Lipinski definition) is 2. The number of fused-ring (bicyclic) bond motifs is 1. The molecule has 0 amide bonds. The summed E-state index contributed by atoms with van der Waals surface area (Å²) in [4.78, 5) is 26.8. The standard InChI is InChI=1S/C24H18ClF3N2O5/c1-12(17-5-3-13(8-18(17)25)14-7-15(21(31)32)11-29-10-14)23(34,24(26,27)28)16-4-6-20-19(9-16)30(2)22(33)35-20/h3-12,34H,1-2H3,(H,31,32). The smallest absolute Gasteiger partial charge is 0.422 e. The molecule has 182 valence electrons. The second-order valence-corrected chi connectivity index (χ2v) is 8.51. The number of aromatic carboxylic acids is 1. The lowest BCUT2D eigenvalue weighted by Crippen LogP contribution is -2.46. The molecule has 2 N–H and O–H groups in total. The number of pyridine rings is 1. The van der Waals surface area contributed by atoms with E-state index in [0.29, 0.717) is 11.1 Å². The number of hydrogen-bond acceptors (Lipinski definition) is 5. The molecule has 7 nitrogen and oxygen atoms in total. The molecule has 11 heteroatoms. The Hall–Kier alpha value is -3.63. The van der Waals surface area contributed by atoms with E-state index in [9.17, 15) is 27.9 Å². The summed E-state index contributed by atoms with van der Waals surface area (Å²) in [6.45, 7) is 1.19. The number of aliphatic hydroxyl groups is 1. The fourth-order valence-corrected chi connectivity index (χ4v) is 4.36. The lowest BCUT2D eigenvalue weighted by Gasteiger charge is -2.37. The van der Waals surface area contributed by atoms with Gasteiger partial charge >= 0.3 is 17.9 Å². The molecular weight excluding hydrogens is 489 g/mol. The van der Waals surface area contributed by atoms with Crippen LogP contribution in [0.25, 0.3) is 22.2 Å². The average molecular weight is 507 g/mol. The lowest BCUT2D eigenvalue weighted by atomic mass is 9.77. The Morgan fingerprint density at radius 2 is 1.83 bits per heavy atom.